The van der Waals surface area contributed by atoms with E-state index in [4.69, 9.17) is 0 Å². The summed E-state index contributed by atoms with van der Waals surface area (Å²) in [4.78, 5) is 1.39. The molecule has 0 aromatic heterocycles. The minimum Gasteiger partial charge on any atom is -0.316 e. The zero-order chi connectivity index (χ0) is 10.4. The van der Waals surface area contributed by atoms with Crippen molar-refractivity contribution in [3.8, 4) is 0 Å². The smallest absolute Gasteiger partial charge is 0.0214 e. The van der Waals surface area contributed by atoms with Crippen molar-refractivity contribution in [2.75, 3.05) is 12.8 Å². The van der Waals surface area contributed by atoms with Crippen LogP contribution in [0.4, 0.5) is 0 Å². The standard InChI is InChI=1S/C11H16BrNS/c1-3-6-14-11-5-4-10(12)7-9(11)8-13-2/h4-5,7,13H,3,6,8H2,1-2H3. The van der Waals surface area contributed by atoms with Crippen molar-refractivity contribution in [1.82, 2.24) is 5.32 Å². The predicted octanol–water partition coefficient (Wildman–Crippen LogP) is 3.67. The van der Waals surface area contributed by atoms with Gasteiger partial charge in [-0.2, -0.15) is 0 Å². The first-order valence-electron chi connectivity index (χ1n) is 4.83. The second-order valence-corrected chi connectivity index (χ2v) is 5.18. The van der Waals surface area contributed by atoms with E-state index in [0.717, 1.165) is 11.0 Å². The molecule has 1 aromatic rings. The van der Waals surface area contributed by atoms with Gasteiger partial charge < -0.3 is 5.32 Å². The largest absolute Gasteiger partial charge is 0.316 e. The van der Waals surface area contributed by atoms with Crippen LogP contribution in [0.2, 0.25) is 0 Å². The highest BCUT2D eigenvalue weighted by Crippen LogP contribution is 2.26. The Hall–Kier alpha value is 0.01000. The number of hydrogen-bond acceptors (Lipinski definition) is 2. The molecule has 0 heterocycles. The lowest BCUT2D eigenvalue weighted by molar-refractivity contribution is 0.802. The van der Waals surface area contributed by atoms with Gasteiger partial charge in [0.25, 0.3) is 0 Å². The molecular weight excluding hydrogens is 258 g/mol. The first kappa shape index (κ1) is 12.1. The quantitative estimate of drug-likeness (QED) is 0.822. The van der Waals surface area contributed by atoms with Gasteiger partial charge in [-0.15, -0.1) is 11.8 Å². The number of rotatable bonds is 5. The molecule has 3 heteroatoms. The van der Waals surface area contributed by atoms with Crippen LogP contribution in [0.5, 0.6) is 0 Å². The molecule has 0 fully saturated rings. The summed E-state index contributed by atoms with van der Waals surface area (Å²) in [5.74, 6) is 1.19. The highest BCUT2D eigenvalue weighted by Gasteiger charge is 2.02. The Balaban J connectivity index is 2.78. The van der Waals surface area contributed by atoms with Crippen molar-refractivity contribution in [3.63, 3.8) is 0 Å². The van der Waals surface area contributed by atoms with Gasteiger partial charge in [0, 0.05) is 15.9 Å². The molecule has 0 spiro atoms. The van der Waals surface area contributed by atoms with E-state index in [1.807, 2.05) is 18.8 Å². The van der Waals surface area contributed by atoms with Crippen LogP contribution in [0, 0.1) is 0 Å². The molecule has 0 aliphatic heterocycles. The zero-order valence-electron chi connectivity index (χ0n) is 8.64. The van der Waals surface area contributed by atoms with Crippen molar-refractivity contribution < 1.29 is 0 Å². The van der Waals surface area contributed by atoms with Crippen LogP contribution in [-0.2, 0) is 6.54 Å². The molecule has 14 heavy (non-hydrogen) atoms. The van der Waals surface area contributed by atoms with Gasteiger partial charge in [-0.1, -0.05) is 22.9 Å². The topological polar surface area (TPSA) is 12.0 Å². The first-order chi connectivity index (χ1) is 6.77. The summed E-state index contributed by atoms with van der Waals surface area (Å²) < 4.78 is 1.16. The van der Waals surface area contributed by atoms with Crippen LogP contribution in [0.15, 0.2) is 27.6 Å². The fourth-order valence-electron chi connectivity index (χ4n) is 1.23. The molecule has 0 saturated carbocycles. The molecule has 0 bridgehead atoms. The van der Waals surface area contributed by atoms with Crippen molar-refractivity contribution in [1.29, 1.82) is 0 Å². The second kappa shape index (κ2) is 6.49. The lowest BCUT2D eigenvalue weighted by Crippen LogP contribution is -2.06. The molecule has 1 N–H and O–H groups in total. The van der Waals surface area contributed by atoms with E-state index in [2.05, 4.69) is 46.4 Å². The monoisotopic (exact) mass is 273 g/mol. The Morgan fingerprint density at radius 2 is 2.21 bits per heavy atom. The predicted molar refractivity (Wildman–Crippen MR) is 67.9 cm³/mol. The maximum Gasteiger partial charge on any atom is 0.0214 e. The molecule has 0 saturated heterocycles. The van der Waals surface area contributed by atoms with Gasteiger partial charge in [-0.3, -0.25) is 0 Å². The van der Waals surface area contributed by atoms with Crippen LogP contribution < -0.4 is 5.32 Å². The van der Waals surface area contributed by atoms with E-state index in [0.29, 0.717) is 0 Å². The van der Waals surface area contributed by atoms with Crippen LogP contribution in [0.25, 0.3) is 0 Å². The SMILES string of the molecule is CCCSc1ccc(Br)cc1CNC. The molecule has 1 aromatic carbocycles. The van der Waals surface area contributed by atoms with Crippen LogP contribution in [0.3, 0.4) is 0 Å². The molecule has 0 aliphatic carbocycles. The molecule has 0 aliphatic rings. The summed E-state index contributed by atoms with van der Waals surface area (Å²) in [6, 6.07) is 6.49. The summed E-state index contributed by atoms with van der Waals surface area (Å²) in [6.45, 7) is 3.15. The number of benzene rings is 1. The average Bonchev–Trinajstić information content (AvgIpc) is 2.17. The van der Waals surface area contributed by atoms with E-state index < -0.39 is 0 Å². The van der Waals surface area contributed by atoms with Gasteiger partial charge in [0.05, 0.1) is 0 Å². The summed E-state index contributed by atoms with van der Waals surface area (Å²) >= 11 is 5.43. The van der Waals surface area contributed by atoms with E-state index in [9.17, 15) is 0 Å². The number of thioether (sulfide) groups is 1. The van der Waals surface area contributed by atoms with Gasteiger partial charge >= 0.3 is 0 Å². The van der Waals surface area contributed by atoms with Crippen LogP contribution >= 0.6 is 27.7 Å². The maximum atomic E-state index is 3.50. The lowest BCUT2D eigenvalue weighted by atomic mass is 10.2. The molecule has 0 atom stereocenters. The third kappa shape index (κ3) is 3.64. The van der Waals surface area contributed by atoms with Gasteiger partial charge in [0.15, 0.2) is 0 Å². The highest BCUT2D eigenvalue weighted by molar-refractivity contribution is 9.10. The molecule has 1 nitrogen and oxygen atoms in total. The van der Waals surface area contributed by atoms with Crippen molar-refractivity contribution in [3.05, 3.63) is 28.2 Å². The van der Waals surface area contributed by atoms with Gasteiger partial charge in [-0.05, 0) is 43.0 Å². The lowest BCUT2D eigenvalue weighted by Gasteiger charge is -2.08. The first-order valence-corrected chi connectivity index (χ1v) is 6.61. The molecule has 1 rings (SSSR count). The summed E-state index contributed by atoms with van der Waals surface area (Å²) in [7, 11) is 1.98. The van der Waals surface area contributed by atoms with Crippen molar-refractivity contribution >= 4 is 27.7 Å². The fourth-order valence-corrected chi connectivity index (χ4v) is 2.54. The van der Waals surface area contributed by atoms with E-state index in [1.165, 1.54) is 22.6 Å². The Labute approximate surface area is 98.8 Å². The molecule has 0 radical (unpaired) electrons. The molecule has 0 unspecified atom stereocenters. The zero-order valence-corrected chi connectivity index (χ0v) is 11.0. The summed E-state index contributed by atoms with van der Waals surface area (Å²) in [6.07, 6.45) is 1.22. The van der Waals surface area contributed by atoms with E-state index in [1.54, 1.807) is 0 Å². The summed E-state index contributed by atoms with van der Waals surface area (Å²) in [5, 5.41) is 3.19. The van der Waals surface area contributed by atoms with E-state index in [-0.39, 0.29) is 0 Å². The summed E-state index contributed by atoms with van der Waals surface area (Å²) in [5.41, 5.74) is 1.38. The molecule has 0 amide bonds. The van der Waals surface area contributed by atoms with Crippen molar-refractivity contribution in [2.45, 2.75) is 24.8 Å². The average molecular weight is 274 g/mol. The highest BCUT2D eigenvalue weighted by atomic mass is 79.9. The minimum atomic E-state index is 0.936. The Bertz CT molecular complexity index is 289. The van der Waals surface area contributed by atoms with Crippen LogP contribution in [0.1, 0.15) is 18.9 Å². The normalized spacial score (nSPS) is 10.5. The Kier molecular flexibility index (Phi) is 5.60. The molecular formula is C11H16BrNS. The number of halogens is 1. The fraction of sp³-hybridized carbons (Fsp3) is 0.455. The second-order valence-electron chi connectivity index (χ2n) is 3.13. The minimum absolute atomic E-state index is 0.936. The van der Waals surface area contributed by atoms with Gasteiger partial charge in [0.2, 0.25) is 0 Å². The third-order valence-electron chi connectivity index (χ3n) is 1.85. The van der Waals surface area contributed by atoms with Gasteiger partial charge in [-0.25, -0.2) is 0 Å². The Morgan fingerprint density at radius 1 is 1.43 bits per heavy atom. The molecule has 78 valence electrons. The van der Waals surface area contributed by atoms with Crippen molar-refractivity contribution in [2.24, 2.45) is 0 Å². The van der Waals surface area contributed by atoms with E-state index >= 15 is 0 Å². The number of nitrogens with one attached hydrogen (secondary N) is 1. The number of hydrogen-bond donors (Lipinski definition) is 1. The van der Waals surface area contributed by atoms with Crippen LogP contribution in [-0.4, -0.2) is 12.8 Å². The maximum absolute atomic E-state index is 3.50. The Morgan fingerprint density at radius 3 is 2.86 bits per heavy atom. The third-order valence-corrected chi connectivity index (χ3v) is 3.67. The van der Waals surface area contributed by atoms with Gasteiger partial charge in [0.1, 0.15) is 0 Å².